The zero-order valence-corrected chi connectivity index (χ0v) is 10.7. The van der Waals surface area contributed by atoms with E-state index in [0.29, 0.717) is 11.5 Å². The van der Waals surface area contributed by atoms with Crippen LogP contribution >= 0.6 is 0 Å². The second-order valence-electron chi connectivity index (χ2n) is 4.06. The van der Waals surface area contributed by atoms with E-state index in [1.165, 1.54) is 18.3 Å². The van der Waals surface area contributed by atoms with Gasteiger partial charge in [0, 0.05) is 12.6 Å². The van der Waals surface area contributed by atoms with Crippen LogP contribution in [0.1, 0.15) is 12.5 Å². The number of pyridine rings is 1. The van der Waals surface area contributed by atoms with Crippen LogP contribution in [0.2, 0.25) is 0 Å². The third-order valence-corrected chi connectivity index (χ3v) is 2.51. The number of nitrogens with one attached hydrogen (secondary N) is 1. The maximum atomic E-state index is 12.4. The highest BCUT2D eigenvalue weighted by Crippen LogP contribution is 2.31. The number of ether oxygens (including phenoxy) is 1. The highest BCUT2D eigenvalue weighted by Gasteiger charge is 2.30. The summed E-state index contributed by atoms with van der Waals surface area (Å²) in [6.07, 6.45) is -1.20. The van der Waals surface area contributed by atoms with Crippen LogP contribution in [0.25, 0.3) is 0 Å². The summed E-state index contributed by atoms with van der Waals surface area (Å²) in [5.74, 6) is 0.789. The van der Waals surface area contributed by atoms with Gasteiger partial charge in [0.05, 0.1) is 23.6 Å². The van der Waals surface area contributed by atoms with Gasteiger partial charge in [-0.2, -0.15) is 13.2 Å². The normalized spacial score (nSPS) is 11.2. The van der Waals surface area contributed by atoms with Crippen LogP contribution in [-0.2, 0) is 6.18 Å². The smallest absolute Gasteiger partial charge is 0.416 e. The van der Waals surface area contributed by atoms with Crippen molar-refractivity contribution in [1.29, 1.82) is 0 Å². The summed E-state index contributed by atoms with van der Waals surface area (Å²) in [6.45, 7) is 2.69. The van der Waals surface area contributed by atoms with E-state index >= 15 is 0 Å². The number of benzene rings is 1. The van der Waals surface area contributed by atoms with E-state index in [1.54, 1.807) is 12.3 Å². The number of nitrogens with zero attached hydrogens (tertiary/aromatic N) is 1. The van der Waals surface area contributed by atoms with Crippen LogP contribution in [0.3, 0.4) is 0 Å². The average molecular weight is 282 g/mol. The lowest BCUT2D eigenvalue weighted by Crippen LogP contribution is -2.04. The first-order valence-electron chi connectivity index (χ1n) is 6.03. The molecule has 2 aromatic rings. The number of anilines is 1. The van der Waals surface area contributed by atoms with E-state index in [-0.39, 0.29) is 0 Å². The van der Waals surface area contributed by atoms with Crippen molar-refractivity contribution in [1.82, 2.24) is 4.98 Å². The zero-order valence-electron chi connectivity index (χ0n) is 10.7. The first-order chi connectivity index (χ1) is 9.49. The van der Waals surface area contributed by atoms with Gasteiger partial charge in [0.2, 0.25) is 0 Å². The van der Waals surface area contributed by atoms with Crippen molar-refractivity contribution in [2.75, 3.05) is 11.9 Å². The van der Waals surface area contributed by atoms with E-state index in [9.17, 15) is 13.2 Å². The molecule has 0 bridgehead atoms. The SMILES string of the molecule is CCNc1cncc(Oc2ccc(C(F)(F)F)cc2)c1. The van der Waals surface area contributed by atoms with Gasteiger partial charge in [-0.15, -0.1) is 0 Å². The molecule has 0 radical (unpaired) electrons. The number of halogens is 3. The number of rotatable bonds is 4. The lowest BCUT2D eigenvalue weighted by atomic mass is 10.2. The van der Waals surface area contributed by atoms with Gasteiger partial charge >= 0.3 is 6.18 Å². The van der Waals surface area contributed by atoms with Gasteiger partial charge in [0.1, 0.15) is 11.5 Å². The first-order valence-corrected chi connectivity index (χ1v) is 6.03. The molecule has 1 heterocycles. The molecule has 0 spiro atoms. The van der Waals surface area contributed by atoms with Crippen molar-refractivity contribution < 1.29 is 17.9 Å². The van der Waals surface area contributed by atoms with E-state index < -0.39 is 11.7 Å². The Morgan fingerprint density at radius 1 is 1.10 bits per heavy atom. The molecule has 20 heavy (non-hydrogen) atoms. The molecule has 0 atom stereocenters. The quantitative estimate of drug-likeness (QED) is 0.906. The van der Waals surface area contributed by atoms with Crippen LogP contribution < -0.4 is 10.1 Å². The summed E-state index contributed by atoms with van der Waals surface area (Å²) >= 11 is 0. The van der Waals surface area contributed by atoms with Crippen LogP contribution in [-0.4, -0.2) is 11.5 Å². The number of hydrogen-bond donors (Lipinski definition) is 1. The molecule has 2 rings (SSSR count). The molecule has 0 unspecified atom stereocenters. The number of hydrogen-bond acceptors (Lipinski definition) is 3. The van der Waals surface area contributed by atoms with Crippen LogP contribution in [0.15, 0.2) is 42.7 Å². The van der Waals surface area contributed by atoms with Crippen molar-refractivity contribution in [3.63, 3.8) is 0 Å². The topological polar surface area (TPSA) is 34.2 Å². The molecular formula is C14H13F3N2O. The Hall–Kier alpha value is -2.24. The van der Waals surface area contributed by atoms with Crippen molar-refractivity contribution >= 4 is 5.69 Å². The van der Waals surface area contributed by atoms with Crippen LogP contribution in [0, 0.1) is 0 Å². The lowest BCUT2D eigenvalue weighted by Gasteiger charge is -2.09. The molecule has 0 aliphatic carbocycles. The molecule has 106 valence electrons. The van der Waals surface area contributed by atoms with Crippen LogP contribution in [0.4, 0.5) is 18.9 Å². The van der Waals surface area contributed by atoms with Gasteiger partial charge < -0.3 is 10.1 Å². The molecule has 0 aliphatic heterocycles. The summed E-state index contributed by atoms with van der Waals surface area (Å²) < 4.78 is 42.7. The van der Waals surface area contributed by atoms with Gasteiger partial charge in [0.25, 0.3) is 0 Å². The fourth-order valence-corrected chi connectivity index (χ4v) is 1.62. The van der Waals surface area contributed by atoms with Crippen molar-refractivity contribution in [2.24, 2.45) is 0 Å². The minimum absolute atomic E-state index is 0.327. The summed E-state index contributed by atoms with van der Waals surface area (Å²) in [4.78, 5) is 3.99. The predicted molar refractivity (Wildman–Crippen MR) is 69.9 cm³/mol. The maximum absolute atomic E-state index is 12.4. The minimum Gasteiger partial charge on any atom is -0.456 e. The second kappa shape index (κ2) is 5.81. The van der Waals surface area contributed by atoms with Crippen LogP contribution in [0.5, 0.6) is 11.5 Å². The molecule has 0 fully saturated rings. The van der Waals surface area contributed by atoms with E-state index in [1.807, 2.05) is 6.92 Å². The third kappa shape index (κ3) is 3.63. The highest BCUT2D eigenvalue weighted by molar-refractivity contribution is 5.46. The summed E-state index contributed by atoms with van der Waals surface area (Å²) in [7, 11) is 0. The Kier molecular flexibility index (Phi) is 4.12. The van der Waals surface area contributed by atoms with E-state index in [4.69, 9.17) is 4.74 Å². The molecule has 1 N–H and O–H groups in total. The molecule has 0 saturated carbocycles. The van der Waals surface area contributed by atoms with Gasteiger partial charge in [0.15, 0.2) is 0 Å². The zero-order chi connectivity index (χ0) is 14.6. The lowest BCUT2D eigenvalue weighted by molar-refractivity contribution is -0.137. The van der Waals surface area contributed by atoms with E-state index in [0.717, 1.165) is 24.4 Å². The van der Waals surface area contributed by atoms with Crippen molar-refractivity contribution in [3.8, 4) is 11.5 Å². The molecular weight excluding hydrogens is 269 g/mol. The minimum atomic E-state index is -4.34. The molecule has 3 nitrogen and oxygen atoms in total. The molecule has 0 saturated heterocycles. The van der Waals surface area contributed by atoms with E-state index in [2.05, 4.69) is 10.3 Å². The third-order valence-electron chi connectivity index (χ3n) is 2.51. The molecule has 1 aromatic carbocycles. The standard InChI is InChI=1S/C14H13F3N2O/c1-2-19-11-7-13(9-18-8-11)20-12-5-3-10(4-6-12)14(15,16)17/h3-9,19H,2H2,1H3. The van der Waals surface area contributed by atoms with Gasteiger partial charge in [-0.25, -0.2) is 0 Å². The monoisotopic (exact) mass is 282 g/mol. The predicted octanol–water partition coefficient (Wildman–Crippen LogP) is 4.32. The van der Waals surface area contributed by atoms with Gasteiger partial charge in [-0.05, 0) is 31.2 Å². The fraction of sp³-hybridized carbons (Fsp3) is 0.214. The molecule has 0 amide bonds. The van der Waals surface area contributed by atoms with Gasteiger partial charge in [-0.1, -0.05) is 0 Å². The number of aromatic nitrogens is 1. The summed E-state index contributed by atoms with van der Waals surface area (Å²) in [6, 6.07) is 6.26. The number of alkyl halides is 3. The summed E-state index contributed by atoms with van der Waals surface area (Å²) in [5, 5.41) is 3.07. The molecule has 1 aromatic heterocycles. The van der Waals surface area contributed by atoms with Crippen molar-refractivity contribution in [3.05, 3.63) is 48.3 Å². The molecule has 0 aliphatic rings. The molecule has 6 heteroatoms. The Balaban J connectivity index is 2.12. The highest BCUT2D eigenvalue weighted by atomic mass is 19.4. The first kappa shape index (κ1) is 14.2. The fourth-order valence-electron chi connectivity index (χ4n) is 1.62. The Morgan fingerprint density at radius 2 is 1.80 bits per heavy atom. The van der Waals surface area contributed by atoms with Crippen molar-refractivity contribution in [2.45, 2.75) is 13.1 Å². The second-order valence-corrected chi connectivity index (χ2v) is 4.06. The maximum Gasteiger partial charge on any atom is 0.416 e. The average Bonchev–Trinajstić information content (AvgIpc) is 2.39. The van der Waals surface area contributed by atoms with Gasteiger partial charge in [-0.3, -0.25) is 4.98 Å². The Morgan fingerprint density at radius 3 is 2.40 bits per heavy atom. The Labute approximate surface area is 114 Å². The Bertz CT molecular complexity index is 567. The summed E-state index contributed by atoms with van der Waals surface area (Å²) in [5.41, 5.74) is 0.0845. The largest absolute Gasteiger partial charge is 0.456 e.